The molecule has 0 aliphatic heterocycles. The summed E-state index contributed by atoms with van der Waals surface area (Å²) in [6.45, 7) is 0.0312. The molecule has 2 aromatic heterocycles. The number of carbonyl (C=O) groups excluding carboxylic acids is 2. The van der Waals surface area contributed by atoms with Gasteiger partial charge in [-0.1, -0.05) is 30.3 Å². The van der Waals surface area contributed by atoms with Crippen molar-refractivity contribution in [3.05, 3.63) is 71.9 Å². The van der Waals surface area contributed by atoms with Gasteiger partial charge in [-0.3, -0.25) is 18.5 Å². The van der Waals surface area contributed by atoms with E-state index >= 15 is 0 Å². The van der Waals surface area contributed by atoms with Crippen molar-refractivity contribution in [2.75, 3.05) is 11.9 Å². The molecule has 1 fully saturated rings. The lowest BCUT2D eigenvalue weighted by Gasteiger charge is -2.15. The summed E-state index contributed by atoms with van der Waals surface area (Å²) in [5.41, 5.74) is 0.995. The van der Waals surface area contributed by atoms with Crippen LogP contribution in [-0.4, -0.2) is 52.4 Å². The minimum Gasteiger partial charge on any atom is -0.367 e. The molecular weight excluding hydrogens is 460 g/mol. The highest BCUT2D eigenvalue weighted by Gasteiger charge is 2.28. The smallest absolute Gasteiger partial charge is 0.333 e. The SMILES string of the molecule is NS(=O)(=O)OC[C@@H]1CC[C@H](Nc2ncncc2C(=O)c2ccn(CC(=O)c3ccccc3)n2)C1. The number of nitrogens with zero attached hydrogens (tertiary/aromatic N) is 4. The van der Waals surface area contributed by atoms with E-state index < -0.39 is 10.3 Å². The normalized spacial score (nSPS) is 18.0. The van der Waals surface area contributed by atoms with Gasteiger partial charge in [-0.25, -0.2) is 15.1 Å². The molecule has 34 heavy (non-hydrogen) atoms. The van der Waals surface area contributed by atoms with Gasteiger partial charge in [0.1, 0.15) is 24.4 Å². The standard InChI is InChI=1S/C22H24N6O5S/c23-34(31,32)33-13-15-6-7-17(10-15)26-22-18(11-24-14-25-22)21(30)19-8-9-28(27-19)12-20(29)16-4-2-1-3-5-16/h1-5,8-9,11,14-15,17H,6-7,10,12-13H2,(H2,23,31,32)(H,24,25,26)/t15-,17+/m1/s1. The lowest BCUT2D eigenvalue weighted by molar-refractivity contribution is 0.0963. The molecule has 0 amide bonds. The van der Waals surface area contributed by atoms with Gasteiger partial charge in [0.25, 0.3) is 0 Å². The molecule has 1 aliphatic carbocycles. The van der Waals surface area contributed by atoms with E-state index in [2.05, 4.69) is 20.4 Å². The van der Waals surface area contributed by atoms with Crippen LogP contribution in [0.1, 0.15) is 45.7 Å². The first-order valence-electron chi connectivity index (χ1n) is 10.7. The molecule has 0 unspecified atom stereocenters. The second-order valence-corrected chi connectivity index (χ2v) is 9.32. The predicted octanol–water partition coefficient (Wildman–Crippen LogP) is 1.59. The van der Waals surface area contributed by atoms with Crippen molar-refractivity contribution >= 4 is 27.7 Å². The molecule has 12 heteroatoms. The maximum absolute atomic E-state index is 13.1. The van der Waals surface area contributed by atoms with Gasteiger partial charge in [-0.15, -0.1) is 0 Å². The van der Waals surface area contributed by atoms with Crippen molar-refractivity contribution < 1.29 is 22.2 Å². The van der Waals surface area contributed by atoms with Crippen LogP contribution in [0.25, 0.3) is 0 Å². The molecule has 178 valence electrons. The summed E-state index contributed by atoms with van der Waals surface area (Å²) in [5.74, 6) is -0.0981. The Balaban J connectivity index is 1.41. The number of benzene rings is 1. The Morgan fingerprint density at radius 3 is 2.74 bits per heavy atom. The van der Waals surface area contributed by atoms with Crippen molar-refractivity contribution in [3.63, 3.8) is 0 Å². The van der Waals surface area contributed by atoms with E-state index in [0.717, 1.165) is 12.8 Å². The van der Waals surface area contributed by atoms with Crippen LogP contribution in [0.2, 0.25) is 0 Å². The van der Waals surface area contributed by atoms with Crippen LogP contribution in [-0.2, 0) is 21.0 Å². The van der Waals surface area contributed by atoms with E-state index in [4.69, 9.17) is 9.32 Å². The van der Waals surface area contributed by atoms with Crippen molar-refractivity contribution in [1.82, 2.24) is 19.7 Å². The molecule has 1 saturated carbocycles. The highest BCUT2D eigenvalue weighted by atomic mass is 32.2. The molecule has 1 aliphatic rings. The van der Waals surface area contributed by atoms with Crippen LogP contribution in [0, 0.1) is 5.92 Å². The van der Waals surface area contributed by atoms with E-state index in [9.17, 15) is 18.0 Å². The largest absolute Gasteiger partial charge is 0.367 e. The zero-order valence-electron chi connectivity index (χ0n) is 18.2. The summed E-state index contributed by atoms with van der Waals surface area (Å²) in [5, 5.41) is 12.4. The minimum atomic E-state index is -3.97. The summed E-state index contributed by atoms with van der Waals surface area (Å²) in [7, 11) is -3.97. The number of hydrogen-bond acceptors (Lipinski definition) is 9. The number of rotatable bonds is 10. The Labute approximate surface area is 196 Å². The Hall–Kier alpha value is -3.48. The second-order valence-electron chi connectivity index (χ2n) is 8.10. The molecule has 0 spiro atoms. The number of nitrogens with one attached hydrogen (secondary N) is 1. The number of Topliss-reactive ketones (excluding diaryl/α,β-unsaturated/α-hetero) is 1. The van der Waals surface area contributed by atoms with Gasteiger partial charge in [0.05, 0.1) is 12.2 Å². The first-order valence-corrected chi connectivity index (χ1v) is 12.2. The minimum absolute atomic E-state index is 0.0117. The summed E-state index contributed by atoms with van der Waals surface area (Å²) in [6.07, 6.45) is 6.49. The van der Waals surface area contributed by atoms with Crippen LogP contribution in [0.15, 0.2) is 55.1 Å². The molecule has 3 aromatic rings. The van der Waals surface area contributed by atoms with Crippen LogP contribution < -0.4 is 10.5 Å². The van der Waals surface area contributed by atoms with Crippen molar-refractivity contribution in [2.45, 2.75) is 31.8 Å². The number of carbonyl (C=O) groups is 2. The summed E-state index contributed by atoms with van der Waals surface area (Å²) >= 11 is 0. The molecule has 2 atom stereocenters. The lowest BCUT2D eigenvalue weighted by atomic mass is 10.1. The molecule has 3 N–H and O–H groups in total. The molecule has 4 rings (SSSR count). The van der Waals surface area contributed by atoms with Gasteiger partial charge in [0, 0.05) is 24.0 Å². The van der Waals surface area contributed by atoms with Crippen LogP contribution in [0.3, 0.4) is 0 Å². The van der Waals surface area contributed by atoms with Crippen LogP contribution in [0.4, 0.5) is 5.82 Å². The van der Waals surface area contributed by atoms with E-state index in [1.54, 1.807) is 36.5 Å². The molecule has 11 nitrogen and oxygen atoms in total. The number of ketones is 2. The van der Waals surface area contributed by atoms with Crippen molar-refractivity contribution in [2.24, 2.45) is 11.1 Å². The maximum Gasteiger partial charge on any atom is 0.333 e. The predicted molar refractivity (Wildman–Crippen MR) is 122 cm³/mol. The fourth-order valence-electron chi connectivity index (χ4n) is 3.92. The third kappa shape index (κ3) is 6.10. The van der Waals surface area contributed by atoms with E-state index in [1.165, 1.54) is 17.2 Å². The zero-order valence-corrected chi connectivity index (χ0v) is 19.0. The molecular formula is C22H24N6O5S. The fraction of sp³-hybridized carbons (Fsp3) is 0.318. The summed E-state index contributed by atoms with van der Waals surface area (Å²) < 4.78 is 28.1. The average molecular weight is 485 g/mol. The Morgan fingerprint density at radius 1 is 1.18 bits per heavy atom. The third-order valence-corrected chi connectivity index (χ3v) is 6.05. The van der Waals surface area contributed by atoms with Gasteiger partial charge in [0.15, 0.2) is 5.78 Å². The molecule has 0 saturated heterocycles. The van der Waals surface area contributed by atoms with Gasteiger partial charge < -0.3 is 5.32 Å². The van der Waals surface area contributed by atoms with Gasteiger partial charge in [-0.05, 0) is 31.2 Å². The number of nitrogens with two attached hydrogens (primary N) is 1. The first kappa shape index (κ1) is 23.7. The first-order chi connectivity index (χ1) is 16.3. The molecule has 0 radical (unpaired) electrons. The Morgan fingerprint density at radius 2 is 1.97 bits per heavy atom. The van der Waals surface area contributed by atoms with E-state index in [-0.39, 0.29) is 47.9 Å². The molecule has 0 bridgehead atoms. The highest BCUT2D eigenvalue weighted by molar-refractivity contribution is 7.84. The highest BCUT2D eigenvalue weighted by Crippen LogP contribution is 2.29. The van der Waals surface area contributed by atoms with Gasteiger partial charge in [-0.2, -0.15) is 13.5 Å². The number of hydrogen-bond donors (Lipinski definition) is 2. The number of anilines is 1. The average Bonchev–Trinajstić information content (AvgIpc) is 3.47. The third-order valence-electron chi connectivity index (χ3n) is 5.58. The van der Waals surface area contributed by atoms with E-state index in [1.807, 2.05) is 6.07 Å². The topological polar surface area (TPSA) is 159 Å². The summed E-state index contributed by atoms with van der Waals surface area (Å²) in [4.78, 5) is 33.7. The van der Waals surface area contributed by atoms with Gasteiger partial charge >= 0.3 is 10.3 Å². The molecule has 1 aromatic carbocycles. The quantitative estimate of drug-likeness (QED) is 0.407. The van der Waals surface area contributed by atoms with Crippen molar-refractivity contribution in [1.29, 1.82) is 0 Å². The summed E-state index contributed by atoms with van der Waals surface area (Å²) in [6, 6.07) is 10.4. The second kappa shape index (κ2) is 10.2. The molecule has 2 heterocycles. The number of aromatic nitrogens is 4. The van der Waals surface area contributed by atoms with Crippen LogP contribution >= 0.6 is 0 Å². The van der Waals surface area contributed by atoms with Crippen molar-refractivity contribution in [3.8, 4) is 0 Å². The Bertz CT molecular complexity index is 1280. The van der Waals surface area contributed by atoms with Crippen LogP contribution in [0.5, 0.6) is 0 Å². The van der Waals surface area contributed by atoms with E-state index in [0.29, 0.717) is 17.8 Å². The fourth-order valence-corrected chi connectivity index (χ4v) is 4.31. The zero-order chi connectivity index (χ0) is 24.1. The monoisotopic (exact) mass is 484 g/mol. The van der Waals surface area contributed by atoms with Gasteiger partial charge in [0.2, 0.25) is 5.78 Å². The maximum atomic E-state index is 13.1. The lowest BCUT2D eigenvalue weighted by Crippen LogP contribution is -2.22. The Kier molecular flexibility index (Phi) is 7.10.